The zero-order chi connectivity index (χ0) is 14.8. The van der Waals surface area contributed by atoms with Crippen molar-refractivity contribution in [2.45, 2.75) is 46.0 Å². The lowest BCUT2D eigenvalue weighted by atomic mass is 10.1. The molecule has 0 radical (unpaired) electrons. The first-order valence-corrected chi connectivity index (χ1v) is 7.31. The summed E-state index contributed by atoms with van der Waals surface area (Å²) in [6, 6.07) is 1.80. The SMILES string of the molecule is CCOCc1nc(Cl)cc(N2CC(C)OC(C)(C)C2)n1. The lowest BCUT2D eigenvalue weighted by Crippen LogP contribution is -2.52. The van der Waals surface area contributed by atoms with Gasteiger partial charge in [-0.2, -0.15) is 0 Å². The number of hydrogen-bond donors (Lipinski definition) is 0. The number of nitrogens with zero attached hydrogens (tertiary/aromatic N) is 3. The van der Waals surface area contributed by atoms with Crippen LogP contribution < -0.4 is 4.90 Å². The first-order chi connectivity index (χ1) is 9.39. The number of rotatable bonds is 4. The Labute approximate surface area is 125 Å². The molecule has 1 aromatic rings. The Kier molecular flexibility index (Phi) is 4.83. The molecule has 1 atom stereocenters. The average molecular weight is 300 g/mol. The molecule has 20 heavy (non-hydrogen) atoms. The third-order valence-corrected chi connectivity index (χ3v) is 3.25. The van der Waals surface area contributed by atoms with Crippen LogP contribution in [0.2, 0.25) is 5.15 Å². The van der Waals surface area contributed by atoms with E-state index in [0.717, 1.165) is 18.9 Å². The maximum Gasteiger partial charge on any atom is 0.158 e. The van der Waals surface area contributed by atoms with Crippen LogP contribution in [0.5, 0.6) is 0 Å². The van der Waals surface area contributed by atoms with E-state index in [2.05, 4.69) is 35.6 Å². The van der Waals surface area contributed by atoms with Gasteiger partial charge in [0.1, 0.15) is 17.6 Å². The predicted octanol–water partition coefficient (Wildman–Crippen LogP) is 2.67. The van der Waals surface area contributed by atoms with Crippen LogP contribution in [0.4, 0.5) is 5.82 Å². The maximum atomic E-state index is 6.09. The van der Waals surface area contributed by atoms with Gasteiger partial charge in [0, 0.05) is 25.8 Å². The fourth-order valence-corrected chi connectivity index (χ4v) is 2.69. The van der Waals surface area contributed by atoms with Crippen LogP contribution in [0.3, 0.4) is 0 Å². The van der Waals surface area contributed by atoms with Crippen LogP contribution in [0, 0.1) is 0 Å². The standard InChI is InChI=1S/C14H22ClN3O2/c1-5-19-8-12-16-11(15)6-13(17-12)18-7-10(2)20-14(3,4)9-18/h6,10H,5,7-9H2,1-4H3. The molecule has 2 heterocycles. The lowest BCUT2D eigenvalue weighted by Gasteiger charge is -2.42. The zero-order valence-electron chi connectivity index (χ0n) is 12.5. The van der Waals surface area contributed by atoms with Crippen LogP contribution in [0.15, 0.2) is 6.07 Å². The number of morpholine rings is 1. The van der Waals surface area contributed by atoms with Gasteiger partial charge in [0.05, 0.1) is 11.7 Å². The summed E-state index contributed by atoms with van der Waals surface area (Å²) in [6.45, 7) is 10.8. The Morgan fingerprint density at radius 2 is 2.25 bits per heavy atom. The monoisotopic (exact) mass is 299 g/mol. The molecule has 1 aliphatic rings. The van der Waals surface area contributed by atoms with Gasteiger partial charge in [-0.3, -0.25) is 0 Å². The van der Waals surface area contributed by atoms with Crippen LogP contribution in [0.1, 0.15) is 33.5 Å². The average Bonchev–Trinajstić information content (AvgIpc) is 2.33. The summed E-state index contributed by atoms with van der Waals surface area (Å²) >= 11 is 6.09. The molecule has 0 saturated carbocycles. The van der Waals surface area contributed by atoms with Crippen molar-refractivity contribution < 1.29 is 9.47 Å². The largest absolute Gasteiger partial charge is 0.374 e. The van der Waals surface area contributed by atoms with E-state index in [-0.39, 0.29) is 11.7 Å². The highest BCUT2D eigenvalue weighted by molar-refractivity contribution is 6.29. The fraction of sp³-hybridized carbons (Fsp3) is 0.714. The second kappa shape index (κ2) is 6.24. The molecular weight excluding hydrogens is 278 g/mol. The minimum Gasteiger partial charge on any atom is -0.374 e. The Morgan fingerprint density at radius 1 is 1.50 bits per heavy atom. The number of ether oxygens (including phenoxy) is 2. The second-order valence-electron chi connectivity index (χ2n) is 5.67. The zero-order valence-corrected chi connectivity index (χ0v) is 13.3. The molecule has 0 spiro atoms. The Balaban J connectivity index is 2.20. The summed E-state index contributed by atoms with van der Waals surface area (Å²) in [5.74, 6) is 1.45. The maximum absolute atomic E-state index is 6.09. The van der Waals surface area contributed by atoms with E-state index in [1.54, 1.807) is 6.07 Å². The van der Waals surface area contributed by atoms with E-state index in [9.17, 15) is 0 Å². The Hall–Kier alpha value is -0.910. The van der Waals surface area contributed by atoms with Crippen molar-refractivity contribution in [3.63, 3.8) is 0 Å². The van der Waals surface area contributed by atoms with Gasteiger partial charge >= 0.3 is 0 Å². The molecule has 1 fully saturated rings. The third-order valence-electron chi connectivity index (χ3n) is 3.06. The van der Waals surface area contributed by atoms with Crippen molar-refractivity contribution in [1.82, 2.24) is 9.97 Å². The summed E-state index contributed by atoms with van der Waals surface area (Å²) in [6.07, 6.45) is 0.155. The molecule has 0 aliphatic carbocycles. The molecule has 2 rings (SSSR count). The topological polar surface area (TPSA) is 47.5 Å². The summed E-state index contributed by atoms with van der Waals surface area (Å²) in [5.41, 5.74) is -0.199. The van der Waals surface area contributed by atoms with Crippen LogP contribution in [-0.2, 0) is 16.1 Å². The number of hydrogen-bond acceptors (Lipinski definition) is 5. The molecule has 0 amide bonds. The van der Waals surface area contributed by atoms with Gasteiger partial charge in [0.2, 0.25) is 0 Å². The normalized spacial score (nSPS) is 22.1. The summed E-state index contributed by atoms with van der Waals surface area (Å²) < 4.78 is 11.3. The predicted molar refractivity (Wildman–Crippen MR) is 79.2 cm³/mol. The van der Waals surface area contributed by atoms with Crippen molar-refractivity contribution in [3.05, 3.63) is 17.0 Å². The number of aromatic nitrogens is 2. The molecule has 5 nitrogen and oxygen atoms in total. The van der Waals surface area contributed by atoms with Gasteiger partial charge in [-0.05, 0) is 27.7 Å². The van der Waals surface area contributed by atoms with E-state index in [1.807, 2.05) is 6.92 Å². The van der Waals surface area contributed by atoms with Crippen LogP contribution >= 0.6 is 11.6 Å². The molecule has 1 aromatic heterocycles. The second-order valence-corrected chi connectivity index (χ2v) is 6.06. The summed E-state index contributed by atoms with van der Waals surface area (Å²) in [7, 11) is 0. The van der Waals surface area contributed by atoms with Crippen molar-refractivity contribution in [2.75, 3.05) is 24.6 Å². The van der Waals surface area contributed by atoms with Crippen molar-refractivity contribution in [2.24, 2.45) is 0 Å². The highest BCUT2D eigenvalue weighted by atomic mass is 35.5. The number of anilines is 1. The Morgan fingerprint density at radius 3 is 2.90 bits per heavy atom. The van der Waals surface area contributed by atoms with Gasteiger partial charge in [-0.1, -0.05) is 11.6 Å². The van der Waals surface area contributed by atoms with Gasteiger partial charge in [-0.15, -0.1) is 0 Å². The quantitative estimate of drug-likeness (QED) is 0.800. The third kappa shape index (κ3) is 4.04. The smallest absolute Gasteiger partial charge is 0.158 e. The highest BCUT2D eigenvalue weighted by Gasteiger charge is 2.32. The summed E-state index contributed by atoms with van der Waals surface area (Å²) in [5, 5.41) is 0.446. The van der Waals surface area contributed by atoms with E-state index in [0.29, 0.717) is 24.2 Å². The van der Waals surface area contributed by atoms with Gasteiger partial charge in [0.25, 0.3) is 0 Å². The van der Waals surface area contributed by atoms with Crippen LogP contribution in [0.25, 0.3) is 0 Å². The first-order valence-electron chi connectivity index (χ1n) is 6.93. The fourth-order valence-electron chi connectivity index (χ4n) is 2.50. The van der Waals surface area contributed by atoms with Crippen LogP contribution in [-0.4, -0.2) is 41.4 Å². The van der Waals surface area contributed by atoms with Gasteiger partial charge < -0.3 is 14.4 Å². The minimum absolute atomic E-state index is 0.155. The molecule has 1 aliphatic heterocycles. The molecule has 1 saturated heterocycles. The number of halogens is 1. The summed E-state index contributed by atoms with van der Waals surface area (Å²) in [4.78, 5) is 10.9. The van der Waals surface area contributed by atoms with Gasteiger partial charge in [-0.25, -0.2) is 9.97 Å². The van der Waals surface area contributed by atoms with Crippen molar-refractivity contribution in [1.29, 1.82) is 0 Å². The Bertz CT molecular complexity index is 468. The van der Waals surface area contributed by atoms with E-state index in [4.69, 9.17) is 21.1 Å². The molecule has 1 unspecified atom stereocenters. The highest BCUT2D eigenvalue weighted by Crippen LogP contribution is 2.26. The van der Waals surface area contributed by atoms with Crippen molar-refractivity contribution >= 4 is 17.4 Å². The minimum atomic E-state index is -0.199. The van der Waals surface area contributed by atoms with E-state index >= 15 is 0 Å². The molecular formula is C14H22ClN3O2. The molecule has 112 valence electrons. The van der Waals surface area contributed by atoms with E-state index in [1.165, 1.54) is 0 Å². The molecule has 0 bridgehead atoms. The van der Waals surface area contributed by atoms with Crippen molar-refractivity contribution in [3.8, 4) is 0 Å². The van der Waals surface area contributed by atoms with E-state index < -0.39 is 0 Å². The lowest BCUT2D eigenvalue weighted by molar-refractivity contribution is -0.0751. The molecule has 0 N–H and O–H groups in total. The molecule has 6 heteroatoms. The molecule has 0 aromatic carbocycles. The first kappa shape index (κ1) is 15.5. The van der Waals surface area contributed by atoms with Gasteiger partial charge in [0.15, 0.2) is 5.82 Å².